The van der Waals surface area contributed by atoms with Crippen molar-refractivity contribution in [2.24, 2.45) is 0 Å². The van der Waals surface area contributed by atoms with Crippen LogP contribution in [0.25, 0.3) is 6.08 Å². The first kappa shape index (κ1) is 20.7. The fourth-order valence-corrected chi connectivity index (χ4v) is 3.29. The lowest BCUT2D eigenvalue weighted by atomic mass is 10.2. The predicted octanol–water partition coefficient (Wildman–Crippen LogP) is 1.65. The molecule has 0 unspecified atom stereocenters. The molecule has 0 bridgehead atoms. The Morgan fingerprint density at radius 3 is 2.65 bits per heavy atom. The molecule has 1 aliphatic heterocycles. The number of benzene rings is 1. The number of nitrogens with zero attached hydrogens (tertiary/aromatic N) is 1. The number of quaternary nitrogens is 1. The molecule has 0 spiro atoms. The summed E-state index contributed by atoms with van der Waals surface area (Å²) in [6.45, 7) is 6.17. The van der Waals surface area contributed by atoms with E-state index in [2.05, 4.69) is 12.2 Å². The van der Waals surface area contributed by atoms with Gasteiger partial charge in [0.25, 0.3) is 5.91 Å². The van der Waals surface area contributed by atoms with Gasteiger partial charge >= 0.3 is 0 Å². The second-order valence-corrected chi connectivity index (χ2v) is 7.30. The van der Waals surface area contributed by atoms with Crippen LogP contribution in [0.5, 0.6) is 0 Å². The van der Waals surface area contributed by atoms with Gasteiger partial charge < -0.3 is 15.1 Å². The Balaban J connectivity index is 1.77. The molecule has 2 N–H and O–H groups in total. The highest BCUT2D eigenvalue weighted by Gasteiger charge is 2.23. The van der Waals surface area contributed by atoms with Crippen LogP contribution < -0.4 is 10.2 Å². The summed E-state index contributed by atoms with van der Waals surface area (Å²) in [4.78, 5) is 27.2. The van der Waals surface area contributed by atoms with Gasteiger partial charge in [-0.1, -0.05) is 42.6 Å². The van der Waals surface area contributed by atoms with Crippen LogP contribution >= 0.6 is 23.2 Å². The van der Waals surface area contributed by atoms with Crippen molar-refractivity contribution in [3.05, 3.63) is 39.9 Å². The Bertz CT molecular complexity index is 656. The largest absolute Gasteiger partial charge is 0.351 e. The van der Waals surface area contributed by atoms with Gasteiger partial charge in [-0.3, -0.25) is 9.59 Å². The Hall–Kier alpha value is -1.56. The molecule has 1 aliphatic rings. The Morgan fingerprint density at radius 1 is 1.27 bits per heavy atom. The van der Waals surface area contributed by atoms with Crippen molar-refractivity contribution in [3.63, 3.8) is 0 Å². The summed E-state index contributed by atoms with van der Waals surface area (Å²) >= 11 is 12.0. The quantitative estimate of drug-likeness (QED) is 0.541. The second-order valence-electron chi connectivity index (χ2n) is 6.45. The highest BCUT2D eigenvalue weighted by atomic mass is 35.5. The average molecular weight is 399 g/mol. The van der Waals surface area contributed by atoms with Gasteiger partial charge in [0.15, 0.2) is 6.54 Å². The number of hydrogen-bond donors (Lipinski definition) is 2. The van der Waals surface area contributed by atoms with Gasteiger partial charge in [0, 0.05) is 22.7 Å². The van der Waals surface area contributed by atoms with Gasteiger partial charge in [-0.15, -0.1) is 0 Å². The number of carbonyl (C=O) groups excluding carboxylic acids is 2. The zero-order chi connectivity index (χ0) is 18.9. The molecular weight excluding hydrogens is 373 g/mol. The molecule has 1 fully saturated rings. The van der Waals surface area contributed by atoms with Gasteiger partial charge in [-0.2, -0.15) is 0 Å². The van der Waals surface area contributed by atoms with E-state index in [9.17, 15) is 9.59 Å². The van der Waals surface area contributed by atoms with Crippen LogP contribution in [0.2, 0.25) is 10.0 Å². The molecule has 1 aromatic carbocycles. The fourth-order valence-electron chi connectivity index (χ4n) is 2.82. The summed E-state index contributed by atoms with van der Waals surface area (Å²) in [5.41, 5.74) is 0.762. The van der Waals surface area contributed by atoms with Crippen LogP contribution in [0.15, 0.2) is 24.3 Å². The summed E-state index contributed by atoms with van der Waals surface area (Å²) in [6, 6.07) is 5.18. The maximum Gasteiger partial charge on any atom is 0.275 e. The van der Waals surface area contributed by atoms with Crippen molar-refractivity contribution in [3.8, 4) is 0 Å². The molecule has 1 heterocycles. The van der Waals surface area contributed by atoms with E-state index in [4.69, 9.17) is 23.2 Å². The molecule has 26 heavy (non-hydrogen) atoms. The van der Waals surface area contributed by atoms with E-state index in [1.54, 1.807) is 29.2 Å². The minimum Gasteiger partial charge on any atom is -0.351 e. The van der Waals surface area contributed by atoms with E-state index < -0.39 is 0 Å². The molecule has 142 valence electrons. The topological polar surface area (TPSA) is 53.9 Å². The van der Waals surface area contributed by atoms with E-state index in [0.717, 1.165) is 38.0 Å². The lowest BCUT2D eigenvalue weighted by molar-refractivity contribution is -0.896. The number of nitrogens with one attached hydrogen (secondary N) is 2. The highest BCUT2D eigenvalue weighted by Crippen LogP contribution is 2.22. The molecular formula is C19H26Cl2N3O2+. The minimum atomic E-state index is -0.0394. The van der Waals surface area contributed by atoms with Crippen LogP contribution in [0.1, 0.15) is 25.3 Å². The lowest BCUT2D eigenvalue weighted by Crippen LogP contribution is -3.15. The van der Waals surface area contributed by atoms with Gasteiger partial charge in [0.1, 0.15) is 0 Å². The molecule has 7 heteroatoms. The number of rotatable bonds is 7. The number of piperazine rings is 1. The third-order valence-electron chi connectivity index (χ3n) is 4.41. The molecule has 1 saturated heterocycles. The summed E-state index contributed by atoms with van der Waals surface area (Å²) in [7, 11) is 0. The van der Waals surface area contributed by atoms with E-state index in [1.165, 1.54) is 11.0 Å². The first-order chi connectivity index (χ1) is 12.5. The van der Waals surface area contributed by atoms with Crippen LogP contribution in [0.4, 0.5) is 0 Å². The summed E-state index contributed by atoms with van der Waals surface area (Å²) < 4.78 is 0. The van der Waals surface area contributed by atoms with Crippen LogP contribution in [0, 0.1) is 0 Å². The molecule has 2 rings (SSSR count). The van der Waals surface area contributed by atoms with Gasteiger partial charge in [0.2, 0.25) is 5.91 Å². The monoisotopic (exact) mass is 398 g/mol. The second kappa shape index (κ2) is 10.6. The molecule has 0 aromatic heterocycles. The van der Waals surface area contributed by atoms with Crippen LogP contribution in [-0.2, 0) is 9.59 Å². The molecule has 5 nitrogen and oxygen atoms in total. The van der Waals surface area contributed by atoms with Crippen LogP contribution in [-0.4, -0.2) is 56.0 Å². The van der Waals surface area contributed by atoms with E-state index >= 15 is 0 Å². The van der Waals surface area contributed by atoms with Gasteiger partial charge in [0.05, 0.1) is 26.2 Å². The summed E-state index contributed by atoms with van der Waals surface area (Å²) in [5, 5.41) is 4.02. The number of carbonyl (C=O) groups is 2. The average Bonchev–Trinajstić information content (AvgIpc) is 2.61. The maximum atomic E-state index is 12.3. The first-order valence-corrected chi connectivity index (χ1v) is 9.77. The number of hydrogen-bond acceptors (Lipinski definition) is 2. The van der Waals surface area contributed by atoms with Crippen molar-refractivity contribution in [1.29, 1.82) is 0 Å². The van der Waals surface area contributed by atoms with E-state index in [1.807, 2.05) is 0 Å². The fraction of sp³-hybridized carbons (Fsp3) is 0.474. The zero-order valence-electron chi connectivity index (χ0n) is 15.1. The molecule has 0 radical (unpaired) electrons. The van der Waals surface area contributed by atoms with Crippen molar-refractivity contribution in [2.75, 3.05) is 39.3 Å². The standard InChI is InChI=1S/C19H25Cl2N3O2/c1-2-3-8-22-18(25)14-23-9-11-24(12-10-23)19(26)7-5-15-4-6-16(20)13-17(15)21/h4-7,13H,2-3,8-12,14H2,1H3,(H,22,25)/p+1/b7-5+. The third kappa shape index (κ3) is 6.63. The van der Waals surface area contributed by atoms with E-state index in [-0.39, 0.29) is 11.8 Å². The molecule has 1 aromatic rings. The SMILES string of the molecule is CCCCNC(=O)C[NH+]1CCN(C(=O)/C=C/c2ccc(Cl)cc2Cl)CC1. The third-order valence-corrected chi connectivity index (χ3v) is 4.98. The lowest BCUT2D eigenvalue weighted by Gasteiger charge is -2.31. The molecule has 0 atom stereocenters. The van der Waals surface area contributed by atoms with Crippen molar-refractivity contribution < 1.29 is 14.5 Å². The highest BCUT2D eigenvalue weighted by molar-refractivity contribution is 6.35. The normalized spacial score (nSPS) is 15.4. The van der Waals surface area contributed by atoms with E-state index in [0.29, 0.717) is 29.7 Å². The van der Waals surface area contributed by atoms with Crippen LogP contribution in [0.3, 0.4) is 0 Å². The van der Waals surface area contributed by atoms with Crippen molar-refractivity contribution in [2.45, 2.75) is 19.8 Å². The smallest absolute Gasteiger partial charge is 0.275 e. The van der Waals surface area contributed by atoms with Crippen molar-refractivity contribution in [1.82, 2.24) is 10.2 Å². The Labute approximate surface area is 164 Å². The number of amides is 2. The predicted molar refractivity (Wildman–Crippen MR) is 106 cm³/mol. The molecule has 0 aliphatic carbocycles. The molecule has 2 amide bonds. The number of unbranched alkanes of at least 4 members (excludes halogenated alkanes) is 1. The van der Waals surface area contributed by atoms with Gasteiger partial charge in [-0.25, -0.2) is 0 Å². The zero-order valence-corrected chi connectivity index (χ0v) is 16.6. The Kier molecular flexibility index (Phi) is 8.42. The minimum absolute atomic E-state index is 0.0394. The first-order valence-electron chi connectivity index (χ1n) is 9.02. The summed E-state index contributed by atoms with van der Waals surface area (Å²) in [5.74, 6) is 0.0490. The van der Waals surface area contributed by atoms with Gasteiger partial charge in [-0.05, 0) is 30.2 Å². The molecule has 0 saturated carbocycles. The summed E-state index contributed by atoms with van der Waals surface area (Å²) in [6.07, 6.45) is 5.33. The maximum absolute atomic E-state index is 12.3. The number of halogens is 2. The Morgan fingerprint density at radius 2 is 2.00 bits per heavy atom. The van der Waals surface area contributed by atoms with Crippen molar-refractivity contribution >= 4 is 41.1 Å².